The molecular weight excluding hydrogens is 324 g/mol. The van der Waals surface area contributed by atoms with Crippen molar-refractivity contribution in [2.75, 3.05) is 0 Å². The first-order chi connectivity index (χ1) is 11.6. The van der Waals surface area contributed by atoms with E-state index in [1.807, 2.05) is 30.5 Å². The summed E-state index contributed by atoms with van der Waals surface area (Å²) in [4.78, 5) is 15.2. The Morgan fingerprint density at radius 3 is 2.75 bits per heavy atom. The summed E-state index contributed by atoms with van der Waals surface area (Å²) in [6.45, 7) is 2.03. The van der Waals surface area contributed by atoms with Crippen LogP contribution in [-0.4, -0.2) is 9.91 Å². The molecule has 122 valence electrons. The zero-order chi connectivity index (χ0) is 16.9. The van der Waals surface area contributed by atoms with Gasteiger partial charge in [0.1, 0.15) is 6.61 Å². The summed E-state index contributed by atoms with van der Waals surface area (Å²) in [5.41, 5.74) is 2.79. The molecule has 0 aliphatic rings. The van der Waals surface area contributed by atoms with Gasteiger partial charge in [-0.15, -0.1) is 11.3 Å². The van der Waals surface area contributed by atoms with Gasteiger partial charge in [-0.25, -0.2) is 4.98 Å². The van der Waals surface area contributed by atoms with Crippen molar-refractivity contribution in [2.45, 2.75) is 20.0 Å². The largest absolute Gasteiger partial charge is 0.480 e. The number of hydrogen-bond donors (Lipinski definition) is 0. The van der Waals surface area contributed by atoms with E-state index in [1.54, 1.807) is 23.5 Å². The van der Waals surface area contributed by atoms with Crippen LogP contribution in [0.3, 0.4) is 0 Å². The predicted octanol–water partition coefficient (Wildman–Crippen LogP) is 4.53. The number of rotatable bonds is 6. The van der Waals surface area contributed by atoms with Gasteiger partial charge in [-0.2, -0.15) is 0 Å². The van der Waals surface area contributed by atoms with Crippen LogP contribution < -0.4 is 4.74 Å². The van der Waals surface area contributed by atoms with Crippen LogP contribution in [0.25, 0.3) is 0 Å². The first kappa shape index (κ1) is 16.1. The highest BCUT2D eigenvalue weighted by Gasteiger charge is 2.15. The van der Waals surface area contributed by atoms with E-state index in [1.165, 1.54) is 11.6 Å². The molecule has 0 N–H and O–H groups in total. The normalized spacial score (nSPS) is 10.5. The van der Waals surface area contributed by atoms with Gasteiger partial charge in [0, 0.05) is 17.9 Å². The molecule has 0 radical (unpaired) electrons. The van der Waals surface area contributed by atoms with Crippen LogP contribution in [0, 0.1) is 17.0 Å². The first-order valence-electron chi connectivity index (χ1n) is 7.47. The summed E-state index contributed by atoms with van der Waals surface area (Å²) in [7, 11) is 0. The van der Waals surface area contributed by atoms with E-state index in [0.29, 0.717) is 0 Å². The van der Waals surface area contributed by atoms with Crippen molar-refractivity contribution in [3.05, 3.63) is 85.9 Å². The monoisotopic (exact) mass is 340 g/mol. The van der Waals surface area contributed by atoms with E-state index in [9.17, 15) is 10.1 Å². The molecule has 5 nitrogen and oxygen atoms in total. The number of aryl methyl sites for hydroxylation is 1. The lowest BCUT2D eigenvalue weighted by Gasteiger charge is -2.05. The molecule has 0 fully saturated rings. The number of nitro benzene ring substituents is 1. The Kier molecular flexibility index (Phi) is 4.86. The van der Waals surface area contributed by atoms with Crippen molar-refractivity contribution < 1.29 is 9.66 Å². The summed E-state index contributed by atoms with van der Waals surface area (Å²) < 4.78 is 5.61. The minimum atomic E-state index is -0.426. The minimum absolute atomic E-state index is 0.0188. The molecule has 1 heterocycles. The van der Waals surface area contributed by atoms with Gasteiger partial charge in [-0.1, -0.05) is 36.4 Å². The fourth-order valence-electron chi connectivity index (χ4n) is 2.31. The molecule has 0 saturated heterocycles. The van der Waals surface area contributed by atoms with Crippen molar-refractivity contribution in [1.82, 2.24) is 4.98 Å². The van der Waals surface area contributed by atoms with Crippen molar-refractivity contribution in [2.24, 2.45) is 0 Å². The Hall–Kier alpha value is -2.73. The first-order valence-corrected chi connectivity index (χ1v) is 8.35. The van der Waals surface area contributed by atoms with Gasteiger partial charge in [-0.3, -0.25) is 10.1 Å². The minimum Gasteiger partial charge on any atom is -0.480 e. The van der Waals surface area contributed by atoms with Crippen LogP contribution in [0.5, 0.6) is 5.75 Å². The third-order valence-corrected chi connectivity index (χ3v) is 4.38. The summed E-state index contributed by atoms with van der Waals surface area (Å²) in [6, 6.07) is 15.1. The van der Waals surface area contributed by atoms with Gasteiger partial charge in [-0.05, 0) is 24.1 Å². The van der Waals surface area contributed by atoms with E-state index in [2.05, 4.69) is 17.1 Å². The molecule has 0 spiro atoms. The number of hydrogen-bond acceptors (Lipinski definition) is 5. The molecule has 0 saturated carbocycles. The molecule has 0 aliphatic heterocycles. The van der Waals surface area contributed by atoms with Crippen LogP contribution in [0.1, 0.15) is 21.8 Å². The molecule has 3 rings (SSSR count). The van der Waals surface area contributed by atoms with Gasteiger partial charge >= 0.3 is 5.69 Å². The average Bonchev–Trinajstić information content (AvgIpc) is 3.02. The Bertz CT molecular complexity index is 846. The maximum atomic E-state index is 11.1. The van der Waals surface area contributed by atoms with Crippen LogP contribution in [0.4, 0.5) is 5.69 Å². The van der Waals surface area contributed by atoms with Crippen LogP contribution in [0.15, 0.2) is 53.9 Å². The highest BCUT2D eigenvalue weighted by atomic mass is 32.1. The second-order valence-electron chi connectivity index (χ2n) is 5.41. The number of nitro groups is 1. The van der Waals surface area contributed by atoms with Crippen molar-refractivity contribution in [1.29, 1.82) is 0 Å². The lowest BCUT2D eigenvalue weighted by atomic mass is 10.2. The summed E-state index contributed by atoms with van der Waals surface area (Å²) in [5, 5.41) is 14.0. The lowest BCUT2D eigenvalue weighted by molar-refractivity contribution is -0.386. The van der Waals surface area contributed by atoms with E-state index >= 15 is 0 Å². The van der Waals surface area contributed by atoms with Crippen LogP contribution in [-0.2, 0) is 13.0 Å². The van der Waals surface area contributed by atoms with E-state index < -0.39 is 4.92 Å². The van der Waals surface area contributed by atoms with Crippen LogP contribution >= 0.6 is 11.3 Å². The molecule has 1 aromatic heterocycles. The molecule has 3 aromatic rings. The third-order valence-electron chi connectivity index (χ3n) is 3.48. The number of aromatic nitrogens is 1. The standard InChI is InChI=1S/C18H16N2O3S/c1-13-7-8-17(16(9-13)20(21)22)23-11-15-12-24-18(19-15)10-14-5-3-2-4-6-14/h2-9,12H,10-11H2,1H3. The molecule has 2 aromatic carbocycles. The molecule has 6 heteroatoms. The van der Waals surface area contributed by atoms with Gasteiger partial charge in [0.2, 0.25) is 0 Å². The number of thiazole rings is 1. The number of nitrogens with zero attached hydrogens (tertiary/aromatic N) is 2. The summed E-state index contributed by atoms with van der Waals surface area (Å²) in [5.74, 6) is 0.267. The zero-order valence-electron chi connectivity index (χ0n) is 13.1. The quantitative estimate of drug-likeness (QED) is 0.488. The topological polar surface area (TPSA) is 65.3 Å². The zero-order valence-corrected chi connectivity index (χ0v) is 14.0. The van der Waals surface area contributed by atoms with Gasteiger partial charge in [0.25, 0.3) is 0 Å². The summed E-state index contributed by atoms with van der Waals surface area (Å²) in [6.07, 6.45) is 0.774. The molecule has 0 atom stereocenters. The second-order valence-corrected chi connectivity index (χ2v) is 6.35. The second kappa shape index (κ2) is 7.23. The maximum Gasteiger partial charge on any atom is 0.311 e. The van der Waals surface area contributed by atoms with Crippen molar-refractivity contribution >= 4 is 17.0 Å². The Morgan fingerprint density at radius 1 is 1.21 bits per heavy atom. The van der Waals surface area contributed by atoms with E-state index in [-0.39, 0.29) is 18.0 Å². The Morgan fingerprint density at radius 2 is 2.00 bits per heavy atom. The fourth-order valence-corrected chi connectivity index (χ4v) is 3.12. The number of benzene rings is 2. The predicted molar refractivity (Wildman–Crippen MR) is 93.5 cm³/mol. The molecule has 0 aliphatic carbocycles. The fraction of sp³-hybridized carbons (Fsp3) is 0.167. The van der Waals surface area contributed by atoms with Crippen LogP contribution in [0.2, 0.25) is 0 Å². The Labute approximate surface area is 143 Å². The molecule has 0 amide bonds. The van der Waals surface area contributed by atoms with Gasteiger partial charge in [0.15, 0.2) is 5.75 Å². The third kappa shape index (κ3) is 3.97. The van der Waals surface area contributed by atoms with Gasteiger partial charge in [0.05, 0.1) is 15.6 Å². The Balaban J connectivity index is 1.67. The lowest BCUT2D eigenvalue weighted by Crippen LogP contribution is -2.00. The number of ether oxygens (including phenoxy) is 1. The highest BCUT2D eigenvalue weighted by molar-refractivity contribution is 7.09. The average molecular weight is 340 g/mol. The molecule has 0 unspecified atom stereocenters. The molecule has 24 heavy (non-hydrogen) atoms. The van der Waals surface area contributed by atoms with Crippen molar-refractivity contribution in [3.8, 4) is 5.75 Å². The highest BCUT2D eigenvalue weighted by Crippen LogP contribution is 2.28. The SMILES string of the molecule is Cc1ccc(OCc2csc(Cc3ccccc3)n2)c([N+](=O)[O-])c1. The van der Waals surface area contributed by atoms with E-state index in [0.717, 1.165) is 22.7 Å². The maximum absolute atomic E-state index is 11.1. The van der Waals surface area contributed by atoms with E-state index in [4.69, 9.17) is 4.74 Å². The van der Waals surface area contributed by atoms with Crippen molar-refractivity contribution in [3.63, 3.8) is 0 Å². The summed E-state index contributed by atoms with van der Waals surface area (Å²) >= 11 is 1.57. The van der Waals surface area contributed by atoms with Gasteiger partial charge < -0.3 is 4.74 Å². The molecule has 0 bridgehead atoms. The smallest absolute Gasteiger partial charge is 0.311 e. The molecular formula is C18H16N2O3S.